The van der Waals surface area contributed by atoms with Crippen molar-refractivity contribution in [3.05, 3.63) is 70.4 Å². The van der Waals surface area contributed by atoms with Crippen molar-refractivity contribution in [1.29, 1.82) is 0 Å². The Morgan fingerprint density at radius 3 is 2.55 bits per heavy atom. The van der Waals surface area contributed by atoms with Crippen molar-refractivity contribution in [2.75, 3.05) is 10.6 Å². The maximum Gasteiger partial charge on any atom is 0.232 e. The van der Waals surface area contributed by atoms with Gasteiger partial charge in [-0.15, -0.1) is 15.3 Å². The minimum absolute atomic E-state index is 0.127. The molecule has 0 fully saturated rings. The molecule has 0 radical (unpaired) electrons. The third kappa shape index (κ3) is 7.25. The minimum atomic E-state index is -0.182. The van der Waals surface area contributed by atoms with Crippen LogP contribution in [0.4, 0.5) is 10.9 Å². The van der Waals surface area contributed by atoms with Gasteiger partial charge in [0.15, 0.2) is 5.82 Å². The van der Waals surface area contributed by atoms with Crippen molar-refractivity contribution >= 4 is 34.1 Å². The molecule has 196 valence electrons. The summed E-state index contributed by atoms with van der Waals surface area (Å²) in [5.74, 6) is 0.113. The number of aryl methyl sites for hydroxylation is 4. The first-order valence-corrected chi connectivity index (χ1v) is 13.6. The van der Waals surface area contributed by atoms with E-state index in [-0.39, 0.29) is 24.7 Å². The summed E-state index contributed by atoms with van der Waals surface area (Å²) in [6.45, 7) is 0.931. The number of nitrogens with zero attached hydrogens (tertiary/aromatic N) is 7. The van der Waals surface area contributed by atoms with E-state index in [2.05, 4.69) is 41.1 Å². The zero-order valence-electron chi connectivity index (χ0n) is 21.0. The summed E-state index contributed by atoms with van der Waals surface area (Å²) in [5.41, 5.74) is 3.57. The number of amides is 2. The maximum atomic E-state index is 12.4. The third-order valence-corrected chi connectivity index (χ3v) is 7.05. The number of aromatic nitrogens is 7. The molecule has 11 nitrogen and oxygen atoms in total. The number of carbonyl (C=O) groups excluding carboxylic acids is 2. The molecule has 0 saturated heterocycles. The quantitative estimate of drug-likeness (QED) is 0.281. The molecule has 38 heavy (non-hydrogen) atoms. The molecule has 5 heterocycles. The summed E-state index contributed by atoms with van der Waals surface area (Å²) in [4.78, 5) is 28.7. The summed E-state index contributed by atoms with van der Waals surface area (Å²) >= 11 is 1.40. The third-order valence-electron chi connectivity index (χ3n) is 6.15. The Morgan fingerprint density at radius 1 is 0.868 bits per heavy atom. The predicted octanol–water partition coefficient (Wildman–Crippen LogP) is 3.18. The van der Waals surface area contributed by atoms with Gasteiger partial charge in [0.25, 0.3) is 0 Å². The van der Waals surface area contributed by atoms with Crippen LogP contribution in [0.1, 0.15) is 53.5 Å². The van der Waals surface area contributed by atoms with E-state index in [1.54, 1.807) is 18.3 Å². The highest BCUT2D eigenvalue weighted by molar-refractivity contribution is 7.15. The first-order valence-electron chi connectivity index (χ1n) is 12.8. The Hall–Kier alpha value is -4.06. The van der Waals surface area contributed by atoms with Crippen LogP contribution in [0.2, 0.25) is 0 Å². The van der Waals surface area contributed by atoms with E-state index in [0.717, 1.165) is 61.5 Å². The van der Waals surface area contributed by atoms with Crippen LogP contribution in [0.25, 0.3) is 0 Å². The predicted molar refractivity (Wildman–Crippen MR) is 143 cm³/mol. The molecule has 4 aromatic rings. The minimum Gasteiger partial charge on any atom is -0.309 e. The highest BCUT2D eigenvalue weighted by atomic mass is 32.1. The average Bonchev–Trinajstić information content (AvgIpc) is 3.54. The smallest absolute Gasteiger partial charge is 0.232 e. The van der Waals surface area contributed by atoms with Gasteiger partial charge < -0.3 is 10.6 Å². The second-order valence-electron chi connectivity index (χ2n) is 9.20. The van der Waals surface area contributed by atoms with Gasteiger partial charge in [0.2, 0.25) is 16.9 Å². The van der Waals surface area contributed by atoms with Crippen molar-refractivity contribution in [3.8, 4) is 0 Å². The highest BCUT2D eigenvalue weighted by Crippen LogP contribution is 2.19. The molecule has 1 aliphatic rings. The number of pyridine rings is 1. The summed E-state index contributed by atoms with van der Waals surface area (Å²) in [6.07, 6.45) is 8.79. The van der Waals surface area contributed by atoms with Crippen LogP contribution in [0.3, 0.4) is 0 Å². The number of fused-ring (bicyclic) bond motifs is 1. The molecule has 0 bridgehead atoms. The first-order chi connectivity index (χ1) is 18.6. The van der Waals surface area contributed by atoms with E-state index in [1.807, 2.05) is 28.9 Å². The lowest BCUT2D eigenvalue weighted by Gasteiger charge is -2.11. The van der Waals surface area contributed by atoms with Gasteiger partial charge in [-0.25, -0.2) is 0 Å². The standard InChI is InChI=1S/C26H29N9O2S/c36-23(16-19-8-3-5-13-27-19)28-22-12-11-18(30-31-22)7-1-2-10-25-32-33-26(38-25)29-24(37)17-20-15-21-9-4-6-14-35(21)34-20/h3,5,8,11-13,15H,1-2,4,6-7,9-10,14,16-17H2,(H,28,31,36)(H,29,33,37). The normalized spacial score (nSPS) is 12.6. The molecule has 0 atom stereocenters. The van der Waals surface area contributed by atoms with Gasteiger partial charge in [0.1, 0.15) is 5.01 Å². The molecule has 0 aromatic carbocycles. The van der Waals surface area contributed by atoms with Gasteiger partial charge in [0.05, 0.1) is 24.2 Å². The second-order valence-corrected chi connectivity index (χ2v) is 10.3. The first kappa shape index (κ1) is 25.6. The maximum absolute atomic E-state index is 12.4. The molecule has 2 N–H and O–H groups in total. The fourth-order valence-electron chi connectivity index (χ4n) is 4.29. The molecule has 1 aliphatic heterocycles. The Labute approximate surface area is 224 Å². The van der Waals surface area contributed by atoms with Crippen LogP contribution in [-0.2, 0) is 48.2 Å². The molecule has 0 aliphatic carbocycles. The van der Waals surface area contributed by atoms with Crippen LogP contribution in [0.5, 0.6) is 0 Å². The van der Waals surface area contributed by atoms with Crippen molar-refractivity contribution in [2.24, 2.45) is 0 Å². The van der Waals surface area contributed by atoms with Gasteiger partial charge in [0, 0.05) is 30.6 Å². The number of hydrogen-bond acceptors (Lipinski definition) is 9. The Bertz CT molecular complexity index is 1350. The number of rotatable bonds is 11. The van der Waals surface area contributed by atoms with E-state index in [9.17, 15) is 9.59 Å². The van der Waals surface area contributed by atoms with E-state index in [0.29, 0.717) is 16.6 Å². The van der Waals surface area contributed by atoms with Crippen LogP contribution in [0.15, 0.2) is 42.6 Å². The van der Waals surface area contributed by atoms with Gasteiger partial charge in [-0.05, 0) is 68.9 Å². The zero-order chi connectivity index (χ0) is 26.2. The fourth-order valence-corrected chi connectivity index (χ4v) is 5.09. The summed E-state index contributed by atoms with van der Waals surface area (Å²) in [7, 11) is 0. The molecule has 0 spiro atoms. The molecule has 0 unspecified atom stereocenters. The summed E-state index contributed by atoms with van der Waals surface area (Å²) < 4.78 is 2.01. The van der Waals surface area contributed by atoms with E-state index in [1.165, 1.54) is 23.5 Å². The largest absolute Gasteiger partial charge is 0.309 e. The average molecular weight is 532 g/mol. The van der Waals surface area contributed by atoms with Gasteiger partial charge >= 0.3 is 0 Å². The number of nitrogens with one attached hydrogen (secondary N) is 2. The molecule has 0 saturated carbocycles. The van der Waals surface area contributed by atoms with E-state index in [4.69, 9.17) is 0 Å². The van der Waals surface area contributed by atoms with Crippen LogP contribution >= 0.6 is 11.3 Å². The molecular formula is C26H29N9O2S. The van der Waals surface area contributed by atoms with Gasteiger partial charge in [-0.3, -0.25) is 19.3 Å². The topological polar surface area (TPSA) is 140 Å². The monoisotopic (exact) mass is 531 g/mol. The molecule has 4 aromatic heterocycles. The lowest BCUT2D eigenvalue weighted by atomic mass is 10.1. The SMILES string of the molecule is O=C(Cc1ccccn1)Nc1ccc(CCCCc2nnc(NC(=O)Cc3cc4n(n3)CCCC4)s2)nn1. The van der Waals surface area contributed by atoms with Crippen LogP contribution < -0.4 is 10.6 Å². The van der Waals surface area contributed by atoms with Crippen molar-refractivity contribution in [3.63, 3.8) is 0 Å². The Balaban J connectivity index is 1.00. The van der Waals surface area contributed by atoms with Crippen LogP contribution in [0, 0.1) is 0 Å². The van der Waals surface area contributed by atoms with Gasteiger partial charge in [-0.2, -0.15) is 10.2 Å². The Kier molecular flexibility index (Phi) is 8.39. The van der Waals surface area contributed by atoms with Crippen molar-refractivity contribution in [2.45, 2.75) is 64.3 Å². The fraction of sp³-hybridized carbons (Fsp3) is 0.385. The Morgan fingerprint density at radius 2 is 1.74 bits per heavy atom. The second kappa shape index (κ2) is 12.5. The van der Waals surface area contributed by atoms with E-state index >= 15 is 0 Å². The zero-order valence-corrected chi connectivity index (χ0v) is 21.8. The summed E-state index contributed by atoms with van der Waals surface area (Å²) in [5, 5.41) is 28.2. The molecule has 12 heteroatoms. The van der Waals surface area contributed by atoms with Crippen molar-refractivity contribution in [1.82, 2.24) is 35.2 Å². The number of anilines is 2. The molecule has 5 rings (SSSR count). The van der Waals surface area contributed by atoms with Gasteiger partial charge in [-0.1, -0.05) is 17.4 Å². The summed E-state index contributed by atoms with van der Waals surface area (Å²) in [6, 6.07) is 11.1. The van der Waals surface area contributed by atoms with Crippen LogP contribution in [-0.4, -0.2) is 47.0 Å². The lowest BCUT2D eigenvalue weighted by Crippen LogP contribution is -2.16. The highest BCUT2D eigenvalue weighted by Gasteiger charge is 2.15. The molecule has 2 amide bonds. The lowest BCUT2D eigenvalue weighted by molar-refractivity contribution is -0.116. The number of hydrogen-bond donors (Lipinski definition) is 2. The molecular weight excluding hydrogens is 502 g/mol. The number of carbonyl (C=O) groups is 2. The number of unbranched alkanes of at least 4 members (excludes halogenated alkanes) is 1. The van der Waals surface area contributed by atoms with E-state index < -0.39 is 0 Å². The van der Waals surface area contributed by atoms with Crippen molar-refractivity contribution < 1.29 is 9.59 Å².